The summed E-state index contributed by atoms with van der Waals surface area (Å²) in [5.41, 5.74) is 1.93. The van der Waals surface area contributed by atoms with E-state index in [0.29, 0.717) is 34.9 Å². The van der Waals surface area contributed by atoms with Crippen LogP contribution in [-0.4, -0.2) is 29.6 Å². The molecule has 1 N–H and O–H groups in total. The Labute approximate surface area is 226 Å². The van der Waals surface area contributed by atoms with E-state index in [0.717, 1.165) is 5.52 Å². The first-order chi connectivity index (χ1) is 17.9. The third-order valence-corrected chi connectivity index (χ3v) is 8.23. The quantitative estimate of drug-likeness (QED) is 0.267. The number of aryl methyl sites for hydroxylation is 1. The van der Waals surface area contributed by atoms with Gasteiger partial charge >= 0.3 is 0 Å². The van der Waals surface area contributed by atoms with Gasteiger partial charge in [0, 0.05) is 18.3 Å². The minimum Gasteiger partial charge on any atom is -0.480 e. The zero-order chi connectivity index (χ0) is 27.7. The lowest BCUT2D eigenvalue weighted by atomic mass is 10.1. The molecule has 0 radical (unpaired) electrons. The first-order valence-corrected chi connectivity index (χ1v) is 14.2. The highest BCUT2D eigenvalue weighted by atomic mass is 35.5. The molecule has 0 unspecified atom stereocenters. The van der Waals surface area contributed by atoms with Crippen molar-refractivity contribution in [1.82, 2.24) is 9.55 Å². The van der Waals surface area contributed by atoms with Gasteiger partial charge in [0.05, 0.1) is 33.1 Å². The number of amides is 1. The van der Waals surface area contributed by atoms with Crippen LogP contribution in [0.2, 0.25) is 5.02 Å². The van der Waals surface area contributed by atoms with Crippen LogP contribution in [0.4, 0.5) is 10.1 Å². The van der Waals surface area contributed by atoms with E-state index in [2.05, 4.69) is 5.32 Å². The molecule has 10 heteroatoms. The Bertz CT molecular complexity index is 1600. The zero-order valence-corrected chi connectivity index (χ0v) is 23.2. The van der Waals surface area contributed by atoms with Crippen LogP contribution in [0.3, 0.4) is 0 Å². The van der Waals surface area contributed by atoms with Crippen LogP contribution in [0.15, 0.2) is 65.6 Å². The molecule has 0 saturated carbocycles. The normalized spacial score (nSPS) is 12.1. The molecule has 1 aromatic heterocycles. The predicted octanol–water partition coefficient (Wildman–Crippen LogP) is 6.14. The van der Waals surface area contributed by atoms with Crippen LogP contribution in [0.1, 0.15) is 39.1 Å². The van der Waals surface area contributed by atoms with Gasteiger partial charge in [-0.1, -0.05) is 30.7 Å². The Morgan fingerprint density at radius 2 is 1.79 bits per heavy atom. The van der Waals surface area contributed by atoms with Crippen LogP contribution in [0, 0.1) is 5.82 Å². The maximum absolute atomic E-state index is 13.9. The van der Waals surface area contributed by atoms with Gasteiger partial charge in [0.1, 0.15) is 11.6 Å². The molecule has 0 atom stereocenters. The van der Waals surface area contributed by atoms with Crippen molar-refractivity contribution >= 4 is 44.1 Å². The number of sulfone groups is 1. The second kappa shape index (κ2) is 10.7. The molecule has 0 fully saturated rings. The summed E-state index contributed by atoms with van der Waals surface area (Å²) in [6.45, 7) is 7.92. The summed E-state index contributed by atoms with van der Waals surface area (Å²) in [5.74, 6) is 0.203. The predicted molar refractivity (Wildman–Crippen MR) is 147 cm³/mol. The van der Waals surface area contributed by atoms with Crippen molar-refractivity contribution < 1.29 is 22.3 Å². The van der Waals surface area contributed by atoms with Gasteiger partial charge < -0.3 is 14.6 Å². The summed E-state index contributed by atoms with van der Waals surface area (Å²) in [5, 5.41) is 2.90. The molecule has 1 heterocycles. The first kappa shape index (κ1) is 27.6. The number of aromatic nitrogens is 2. The molecule has 0 aliphatic carbocycles. The molecule has 0 spiro atoms. The van der Waals surface area contributed by atoms with Gasteiger partial charge in [0.15, 0.2) is 21.3 Å². The minimum absolute atomic E-state index is 0.0204. The Morgan fingerprint density at radius 3 is 2.42 bits per heavy atom. The van der Waals surface area contributed by atoms with Gasteiger partial charge in [0.2, 0.25) is 5.91 Å². The number of rotatable bonds is 9. The smallest absolute Gasteiger partial charge is 0.228 e. The number of fused-ring (bicyclic) bond motifs is 1. The summed E-state index contributed by atoms with van der Waals surface area (Å²) in [6, 6.07) is 16.1. The lowest BCUT2D eigenvalue weighted by molar-refractivity contribution is -0.115. The van der Waals surface area contributed by atoms with Crippen molar-refractivity contribution in [2.24, 2.45) is 0 Å². The van der Waals surface area contributed by atoms with E-state index in [-0.39, 0.29) is 28.0 Å². The minimum atomic E-state index is -3.29. The summed E-state index contributed by atoms with van der Waals surface area (Å²) in [6.07, 6.45) is 0.0949. The molecule has 0 bridgehead atoms. The lowest BCUT2D eigenvalue weighted by Gasteiger charge is -2.26. The van der Waals surface area contributed by atoms with Gasteiger partial charge in [-0.3, -0.25) is 4.79 Å². The molecule has 0 saturated heterocycles. The fourth-order valence-corrected chi connectivity index (χ4v) is 5.24. The number of nitrogens with one attached hydrogen (secondary N) is 1. The van der Waals surface area contributed by atoms with Gasteiger partial charge in [-0.2, -0.15) is 0 Å². The number of ether oxygens (including phenoxy) is 1. The van der Waals surface area contributed by atoms with Crippen LogP contribution in [0.5, 0.6) is 5.75 Å². The molecule has 200 valence electrons. The molecular weight excluding hydrogens is 529 g/mol. The lowest BCUT2D eigenvalue weighted by Crippen LogP contribution is -2.29. The molecule has 0 aliphatic heterocycles. The molecule has 38 heavy (non-hydrogen) atoms. The fraction of sp³-hybridized carbons (Fsp3) is 0.286. The van der Waals surface area contributed by atoms with Crippen LogP contribution >= 0.6 is 11.6 Å². The summed E-state index contributed by atoms with van der Waals surface area (Å²) in [4.78, 5) is 17.7. The number of carbonyl (C=O) groups excluding carboxylic acids is 1. The number of anilines is 1. The van der Waals surface area contributed by atoms with Gasteiger partial charge in [0.25, 0.3) is 0 Å². The highest BCUT2D eigenvalue weighted by Gasteiger charge is 2.30. The average molecular weight is 558 g/mol. The Balaban J connectivity index is 1.53. The fourth-order valence-electron chi connectivity index (χ4n) is 4.24. The van der Waals surface area contributed by atoms with E-state index in [1.165, 1.54) is 24.3 Å². The third kappa shape index (κ3) is 5.84. The Kier molecular flexibility index (Phi) is 7.80. The molecule has 4 rings (SSSR count). The number of imidazole rings is 1. The number of benzene rings is 3. The Morgan fingerprint density at radius 1 is 1.08 bits per heavy atom. The van der Waals surface area contributed by atoms with E-state index in [1.54, 1.807) is 37.3 Å². The molecule has 4 aromatic rings. The van der Waals surface area contributed by atoms with Crippen molar-refractivity contribution in [3.63, 3.8) is 0 Å². The molecule has 0 aliphatic rings. The molecule has 7 nitrogen and oxygen atoms in total. The molecule has 3 aromatic carbocycles. The summed E-state index contributed by atoms with van der Waals surface area (Å²) < 4.78 is 46.1. The first-order valence-electron chi connectivity index (χ1n) is 12.2. The monoisotopic (exact) mass is 557 g/mol. The van der Waals surface area contributed by atoms with Crippen molar-refractivity contribution in [3.8, 4) is 5.75 Å². The van der Waals surface area contributed by atoms with E-state index >= 15 is 0 Å². The van der Waals surface area contributed by atoms with E-state index < -0.39 is 21.3 Å². The number of hydrogen-bond acceptors (Lipinski definition) is 5. The molecular formula is C28H29ClFN3O4S. The van der Waals surface area contributed by atoms with Crippen molar-refractivity contribution in [3.05, 3.63) is 82.9 Å². The standard InChI is InChI=1S/C28H29ClFN3O4S/c1-5-33-25-14-9-19(31-26(34)15-18-7-11-21(12-8-18)38(35,36)6-2)16-24(25)32-27(33)28(3,4)37-20-10-13-22(29)23(30)17-20/h7-14,16-17H,5-6,15H2,1-4H3,(H,31,34). The van der Waals surface area contributed by atoms with Crippen molar-refractivity contribution in [2.75, 3.05) is 11.1 Å². The maximum Gasteiger partial charge on any atom is 0.228 e. The SMILES string of the molecule is CCn1c(C(C)(C)Oc2ccc(Cl)c(F)c2)nc2cc(NC(=O)Cc3ccc(S(=O)(=O)CC)cc3)ccc21. The van der Waals surface area contributed by atoms with Crippen LogP contribution in [-0.2, 0) is 33.2 Å². The number of carbonyl (C=O) groups is 1. The average Bonchev–Trinajstić information content (AvgIpc) is 3.25. The second-order valence-electron chi connectivity index (χ2n) is 9.34. The van der Waals surface area contributed by atoms with Crippen molar-refractivity contribution in [2.45, 2.75) is 51.2 Å². The second-order valence-corrected chi connectivity index (χ2v) is 12.0. The molecule has 1 amide bonds. The van der Waals surface area contributed by atoms with Gasteiger partial charge in [-0.25, -0.2) is 17.8 Å². The van der Waals surface area contributed by atoms with Crippen LogP contribution in [0.25, 0.3) is 11.0 Å². The maximum atomic E-state index is 13.9. The summed E-state index contributed by atoms with van der Waals surface area (Å²) in [7, 11) is -3.29. The van der Waals surface area contributed by atoms with E-state index in [4.69, 9.17) is 21.3 Å². The zero-order valence-electron chi connectivity index (χ0n) is 21.6. The van der Waals surface area contributed by atoms with Gasteiger partial charge in [-0.15, -0.1) is 0 Å². The van der Waals surface area contributed by atoms with Gasteiger partial charge in [-0.05, 0) is 68.8 Å². The van der Waals surface area contributed by atoms with Crippen molar-refractivity contribution in [1.29, 1.82) is 0 Å². The topological polar surface area (TPSA) is 90.3 Å². The van der Waals surface area contributed by atoms with E-state index in [1.807, 2.05) is 31.4 Å². The van der Waals surface area contributed by atoms with E-state index in [9.17, 15) is 17.6 Å². The number of nitrogens with zero attached hydrogens (tertiary/aromatic N) is 2. The van der Waals surface area contributed by atoms with Crippen LogP contribution < -0.4 is 10.1 Å². The highest BCUT2D eigenvalue weighted by molar-refractivity contribution is 7.91. The highest BCUT2D eigenvalue weighted by Crippen LogP contribution is 2.32. The largest absolute Gasteiger partial charge is 0.480 e. The third-order valence-electron chi connectivity index (χ3n) is 6.18. The number of hydrogen-bond donors (Lipinski definition) is 1. The number of halogens is 2. The Hall–Kier alpha value is -3.43. The summed E-state index contributed by atoms with van der Waals surface area (Å²) >= 11 is 5.80.